The summed E-state index contributed by atoms with van der Waals surface area (Å²) in [5, 5.41) is 9.32. The Hall–Kier alpha value is -3.97. The average Bonchev–Trinajstić information content (AvgIpc) is 2.84. The lowest BCUT2D eigenvalue weighted by Gasteiger charge is -2.08. The number of carbonyl (C=O) groups is 2. The van der Waals surface area contributed by atoms with Gasteiger partial charge in [0.2, 0.25) is 0 Å². The number of hydrogen-bond donors (Lipinski definition) is 2. The summed E-state index contributed by atoms with van der Waals surface area (Å²) in [6.07, 6.45) is 1.44. The van der Waals surface area contributed by atoms with Crippen LogP contribution in [0.25, 0.3) is 10.8 Å². The first-order chi connectivity index (χ1) is 16.1. The van der Waals surface area contributed by atoms with Gasteiger partial charge in [0.25, 0.3) is 5.91 Å². The van der Waals surface area contributed by atoms with Crippen LogP contribution in [0.2, 0.25) is 0 Å². The van der Waals surface area contributed by atoms with Gasteiger partial charge in [0.1, 0.15) is 5.75 Å². The van der Waals surface area contributed by atoms with E-state index in [1.807, 2.05) is 48.5 Å². The number of ether oxygens (including phenoxy) is 1. The Bertz CT molecular complexity index is 1320. The molecule has 0 radical (unpaired) electrons. The van der Waals surface area contributed by atoms with Crippen LogP contribution in [0.3, 0.4) is 0 Å². The highest BCUT2D eigenvalue weighted by atomic mass is 79.9. The van der Waals surface area contributed by atoms with E-state index in [2.05, 4.69) is 31.8 Å². The summed E-state index contributed by atoms with van der Waals surface area (Å²) in [5.41, 5.74) is 4.30. The second kappa shape index (κ2) is 10.6. The Morgan fingerprint density at radius 2 is 1.64 bits per heavy atom. The maximum absolute atomic E-state index is 12.4. The first-order valence-corrected chi connectivity index (χ1v) is 11.0. The zero-order valence-corrected chi connectivity index (χ0v) is 19.1. The Labute approximate surface area is 199 Å². The van der Waals surface area contributed by atoms with Crippen molar-refractivity contribution in [1.82, 2.24) is 5.43 Å². The van der Waals surface area contributed by atoms with Crippen molar-refractivity contribution in [2.75, 3.05) is 11.9 Å². The zero-order valence-electron chi connectivity index (χ0n) is 17.5. The van der Waals surface area contributed by atoms with E-state index in [0.29, 0.717) is 16.9 Å². The number of rotatable bonds is 7. The van der Waals surface area contributed by atoms with E-state index in [-0.39, 0.29) is 12.5 Å². The van der Waals surface area contributed by atoms with Crippen LogP contribution < -0.4 is 15.5 Å². The van der Waals surface area contributed by atoms with Crippen molar-refractivity contribution in [3.05, 3.63) is 107 Å². The van der Waals surface area contributed by atoms with Crippen LogP contribution in [0.4, 0.5) is 5.69 Å². The highest BCUT2D eigenvalue weighted by Crippen LogP contribution is 2.23. The van der Waals surface area contributed by atoms with Crippen LogP contribution >= 0.6 is 15.9 Å². The first-order valence-electron chi connectivity index (χ1n) is 10.2. The van der Waals surface area contributed by atoms with Gasteiger partial charge in [-0.25, -0.2) is 10.2 Å². The lowest BCUT2D eigenvalue weighted by Crippen LogP contribution is -2.25. The maximum atomic E-state index is 12.4. The molecule has 0 bridgehead atoms. The van der Waals surface area contributed by atoms with Crippen molar-refractivity contribution in [2.24, 2.45) is 5.10 Å². The van der Waals surface area contributed by atoms with Crippen LogP contribution in [0.5, 0.6) is 5.75 Å². The van der Waals surface area contributed by atoms with Crippen molar-refractivity contribution >= 4 is 50.5 Å². The molecule has 0 aliphatic rings. The predicted octanol–water partition coefficient (Wildman–Crippen LogP) is 5.38. The summed E-state index contributed by atoms with van der Waals surface area (Å²) >= 11 is 3.40. The maximum Gasteiger partial charge on any atom is 0.343 e. The highest BCUT2D eigenvalue weighted by molar-refractivity contribution is 9.10. The zero-order chi connectivity index (χ0) is 23.0. The fourth-order valence-corrected chi connectivity index (χ4v) is 3.52. The molecule has 7 heteroatoms. The van der Waals surface area contributed by atoms with E-state index < -0.39 is 5.97 Å². The first kappa shape index (κ1) is 22.2. The molecule has 0 saturated heterocycles. The number of hydrogen-bond acceptors (Lipinski definition) is 5. The molecule has 0 heterocycles. The fraction of sp³-hybridized carbons (Fsp3) is 0.0385. The number of anilines is 1. The molecule has 0 aliphatic heterocycles. The second-order valence-corrected chi connectivity index (χ2v) is 8.06. The Balaban J connectivity index is 1.36. The minimum Gasteiger partial charge on any atom is -0.422 e. The molecule has 33 heavy (non-hydrogen) atoms. The van der Waals surface area contributed by atoms with Gasteiger partial charge in [-0.3, -0.25) is 4.79 Å². The molecule has 0 saturated carbocycles. The van der Waals surface area contributed by atoms with Crippen molar-refractivity contribution in [3.8, 4) is 5.75 Å². The summed E-state index contributed by atoms with van der Waals surface area (Å²) in [6.45, 7) is 0.0595. The molecule has 0 aliphatic carbocycles. The molecule has 0 atom stereocenters. The van der Waals surface area contributed by atoms with Crippen molar-refractivity contribution in [3.63, 3.8) is 0 Å². The minimum atomic E-state index is -0.476. The number of carbonyl (C=O) groups excluding carboxylic acids is 2. The molecule has 2 N–H and O–H groups in total. The number of fused-ring (bicyclic) bond motifs is 1. The Kier molecular flexibility index (Phi) is 7.12. The molecule has 4 aromatic rings. The Morgan fingerprint density at radius 1 is 0.879 bits per heavy atom. The fourth-order valence-electron chi connectivity index (χ4n) is 3.14. The van der Waals surface area contributed by atoms with Gasteiger partial charge in [0.05, 0.1) is 18.3 Å². The van der Waals surface area contributed by atoms with Gasteiger partial charge < -0.3 is 10.1 Å². The van der Waals surface area contributed by atoms with Gasteiger partial charge in [-0.2, -0.15) is 5.10 Å². The van der Waals surface area contributed by atoms with Gasteiger partial charge >= 0.3 is 5.97 Å². The molecule has 0 spiro atoms. The number of esters is 1. The molecule has 4 aromatic carbocycles. The third-order valence-electron chi connectivity index (χ3n) is 4.78. The van der Waals surface area contributed by atoms with Crippen molar-refractivity contribution in [1.29, 1.82) is 0 Å². The average molecular weight is 502 g/mol. The van der Waals surface area contributed by atoms with Gasteiger partial charge in [-0.15, -0.1) is 0 Å². The van der Waals surface area contributed by atoms with Crippen LogP contribution in [0.15, 0.2) is 101 Å². The lowest BCUT2D eigenvalue weighted by atomic mass is 10.1. The van der Waals surface area contributed by atoms with E-state index in [9.17, 15) is 9.59 Å². The normalized spacial score (nSPS) is 10.8. The molecule has 1 amide bonds. The second-order valence-electron chi connectivity index (χ2n) is 7.15. The molecular weight excluding hydrogens is 482 g/mol. The predicted molar refractivity (Wildman–Crippen MR) is 134 cm³/mol. The summed E-state index contributed by atoms with van der Waals surface area (Å²) in [5.74, 6) is -0.451. The van der Waals surface area contributed by atoms with Crippen LogP contribution in [-0.2, 0) is 4.79 Å². The SMILES string of the molecule is O=C(CNc1ccc2ccccc2c1)N/N=C/c1cc(Br)ccc1OC(=O)c1ccccc1. The Morgan fingerprint density at radius 3 is 2.45 bits per heavy atom. The third kappa shape index (κ3) is 6.05. The number of amides is 1. The van der Waals surface area contributed by atoms with Crippen LogP contribution in [-0.4, -0.2) is 24.6 Å². The number of nitrogens with one attached hydrogen (secondary N) is 2. The number of halogens is 1. The molecular formula is C26H20BrN3O3. The lowest BCUT2D eigenvalue weighted by molar-refractivity contribution is -0.119. The van der Waals surface area contributed by atoms with E-state index in [1.54, 1.807) is 42.5 Å². The smallest absolute Gasteiger partial charge is 0.343 e. The van der Waals surface area contributed by atoms with Crippen molar-refractivity contribution in [2.45, 2.75) is 0 Å². The summed E-state index contributed by atoms with van der Waals surface area (Å²) in [4.78, 5) is 24.6. The van der Waals surface area contributed by atoms with Gasteiger partial charge in [-0.05, 0) is 53.2 Å². The van der Waals surface area contributed by atoms with Gasteiger partial charge in [-0.1, -0.05) is 64.5 Å². The van der Waals surface area contributed by atoms with Gasteiger partial charge in [0, 0.05) is 15.7 Å². The standard InChI is InChI=1S/C26H20BrN3O3/c27-22-11-13-24(33-26(32)19-7-2-1-3-8-19)21(14-22)16-29-30-25(31)17-28-23-12-10-18-6-4-5-9-20(18)15-23/h1-16,28H,17H2,(H,30,31)/b29-16+. The molecule has 164 valence electrons. The molecule has 0 unspecified atom stereocenters. The van der Waals surface area contributed by atoms with E-state index >= 15 is 0 Å². The van der Waals surface area contributed by atoms with Crippen LogP contribution in [0, 0.1) is 0 Å². The molecule has 4 rings (SSSR count). The van der Waals surface area contributed by atoms with Crippen molar-refractivity contribution < 1.29 is 14.3 Å². The highest BCUT2D eigenvalue weighted by Gasteiger charge is 2.11. The minimum absolute atomic E-state index is 0.0595. The number of nitrogens with zero attached hydrogens (tertiary/aromatic N) is 1. The number of benzene rings is 4. The summed E-state index contributed by atoms with van der Waals surface area (Å²) < 4.78 is 6.29. The number of hydrazone groups is 1. The quantitative estimate of drug-likeness (QED) is 0.154. The van der Waals surface area contributed by atoms with E-state index in [4.69, 9.17) is 4.74 Å². The van der Waals surface area contributed by atoms with Gasteiger partial charge in [0.15, 0.2) is 0 Å². The third-order valence-corrected chi connectivity index (χ3v) is 5.27. The van der Waals surface area contributed by atoms with Crippen LogP contribution in [0.1, 0.15) is 15.9 Å². The van der Waals surface area contributed by atoms with E-state index in [0.717, 1.165) is 20.9 Å². The monoisotopic (exact) mass is 501 g/mol. The molecule has 0 fully saturated rings. The van der Waals surface area contributed by atoms with E-state index in [1.165, 1.54) is 6.21 Å². The molecule has 0 aromatic heterocycles. The topological polar surface area (TPSA) is 79.8 Å². The summed E-state index contributed by atoms with van der Waals surface area (Å²) in [6, 6.07) is 27.8. The molecule has 6 nitrogen and oxygen atoms in total. The summed E-state index contributed by atoms with van der Waals surface area (Å²) in [7, 11) is 0. The largest absolute Gasteiger partial charge is 0.422 e.